The Hall–Kier alpha value is -0.473. The maximum atomic E-state index is 2.46. The SMILES string of the molecule is CC1=CC=CCC1(CC1=CCC=C1)S[Si](C)(C)C. The predicted molar refractivity (Wildman–Crippen MR) is 87.6 cm³/mol. The Bertz CT molecular complexity index is 435. The second kappa shape index (κ2) is 5.26. The summed E-state index contributed by atoms with van der Waals surface area (Å²) < 4.78 is 0.319. The van der Waals surface area contributed by atoms with Gasteiger partial charge in [0.25, 0.3) is 0 Å². The minimum absolute atomic E-state index is 0.319. The van der Waals surface area contributed by atoms with Crippen molar-refractivity contribution in [2.75, 3.05) is 0 Å². The minimum Gasteiger partial charge on any atom is -0.174 e. The van der Waals surface area contributed by atoms with Crippen molar-refractivity contribution in [3.8, 4) is 0 Å². The Kier molecular flexibility index (Phi) is 4.07. The van der Waals surface area contributed by atoms with Crippen LogP contribution in [0.25, 0.3) is 0 Å². The van der Waals surface area contributed by atoms with Crippen LogP contribution in [-0.2, 0) is 0 Å². The molecular weight excluding hydrogens is 252 g/mol. The van der Waals surface area contributed by atoms with Gasteiger partial charge in [0, 0.05) is 4.75 Å². The summed E-state index contributed by atoms with van der Waals surface area (Å²) in [4.78, 5) is 0. The molecule has 1 atom stereocenters. The Morgan fingerprint density at radius 1 is 1.28 bits per heavy atom. The van der Waals surface area contributed by atoms with Gasteiger partial charge in [0.2, 0.25) is 0 Å². The quantitative estimate of drug-likeness (QED) is 0.613. The molecule has 0 aliphatic heterocycles. The zero-order valence-corrected chi connectivity index (χ0v) is 13.8. The summed E-state index contributed by atoms with van der Waals surface area (Å²) in [5.74, 6) is 0. The molecule has 0 spiro atoms. The molecule has 0 N–H and O–H groups in total. The summed E-state index contributed by atoms with van der Waals surface area (Å²) in [5.41, 5.74) is 3.09. The van der Waals surface area contributed by atoms with Crippen LogP contribution in [0.2, 0.25) is 19.6 Å². The fraction of sp³-hybridized carbons (Fsp3) is 0.500. The van der Waals surface area contributed by atoms with Crippen LogP contribution in [0.15, 0.2) is 47.6 Å². The fourth-order valence-corrected chi connectivity index (χ4v) is 8.99. The molecule has 0 amide bonds. The average molecular weight is 277 g/mol. The lowest BCUT2D eigenvalue weighted by Gasteiger charge is -2.40. The highest BCUT2D eigenvalue weighted by molar-refractivity contribution is 8.29. The van der Waals surface area contributed by atoms with E-state index in [1.54, 1.807) is 5.57 Å². The Morgan fingerprint density at radius 2 is 2.06 bits per heavy atom. The standard InChI is InChI=1S/C16H24SSi/c1-14-9-7-8-12-16(14,17-18(2,3)4)13-15-10-5-6-11-15/h5,7-11H,6,12-13H2,1-4H3. The highest BCUT2D eigenvalue weighted by Crippen LogP contribution is 2.48. The van der Waals surface area contributed by atoms with E-state index in [9.17, 15) is 0 Å². The minimum atomic E-state index is -1.14. The number of hydrogen-bond donors (Lipinski definition) is 0. The lowest BCUT2D eigenvalue weighted by molar-refractivity contribution is 0.675. The van der Waals surface area contributed by atoms with Crippen molar-refractivity contribution in [3.05, 3.63) is 47.6 Å². The molecule has 2 aliphatic rings. The Labute approximate surface area is 117 Å². The molecule has 0 saturated heterocycles. The van der Waals surface area contributed by atoms with Gasteiger partial charge in [-0.1, -0.05) is 67.2 Å². The smallest absolute Gasteiger partial charge is 0.109 e. The van der Waals surface area contributed by atoms with Gasteiger partial charge in [0.05, 0.1) is 0 Å². The molecule has 0 aromatic carbocycles. The number of hydrogen-bond acceptors (Lipinski definition) is 1. The molecule has 0 bridgehead atoms. The second-order valence-corrected chi connectivity index (χ2v) is 15.8. The van der Waals surface area contributed by atoms with Crippen LogP contribution >= 0.6 is 11.2 Å². The highest BCUT2D eigenvalue weighted by Gasteiger charge is 2.37. The first-order valence-electron chi connectivity index (χ1n) is 6.81. The zero-order chi connectivity index (χ0) is 13.2. The van der Waals surface area contributed by atoms with Crippen LogP contribution in [-0.4, -0.2) is 12.0 Å². The van der Waals surface area contributed by atoms with E-state index in [-0.39, 0.29) is 0 Å². The Morgan fingerprint density at radius 3 is 2.61 bits per heavy atom. The van der Waals surface area contributed by atoms with Crippen molar-refractivity contribution < 1.29 is 0 Å². The number of allylic oxidation sites excluding steroid dienone is 7. The first-order chi connectivity index (χ1) is 8.41. The molecule has 0 aromatic heterocycles. The van der Waals surface area contributed by atoms with Gasteiger partial charge in [0.1, 0.15) is 7.22 Å². The van der Waals surface area contributed by atoms with Gasteiger partial charge < -0.3 is 0 Å². The molecule has 98 valence electrons. The summed E-state index contributed by atoms with van der Waals surface area (Å²) in [6.45, 7) is 9.70. The van der Waals surface area contributed by atoms with Crippen LogP contribution in [0, 0.1) is 0 Å². The predicted octanol–water partition coefficient (Wildman–Crippen LogP) is 5.48. The first kappa shape index (κ1) is 13.9. The molecule has 18 heavy (non-hydrogen) atoms. The van der Waals surface area contributed by atoms with Crippen molar-refractivity contribution in [2.24, 2.45) is 0 Å². The molecule has 2 rings (SSSR count). The van der Waals surface area contributed by atoms with Crippen molar-refractivity contribution in [2.45, 2.75) is 50.6 Å². The van der Waals surface area contributed by atoms with Crippen LogP contribution in [0.4, 0.5) is 0 Å². The molecule has 0 radical (unpaired) electrons. The van der Waals surface area contributed by atoms with Gasteiger partial charge in [-0.05, 0) is 26.2 Å². The van der Waals surface area contributed by atoms with Gasteiger partial charge in [0.15, 0.2) is 0 Å². The molecule has 0 fully saturated rings. The van der Waals surface area contributed by atoms with Crippen molar-refractivity contribution in [1.29, 1.82) is 0 Å². The van der Waals surface area contributed by atoms with E-state index in [0.29, 0.717) is 4.75 Å². The molecule has 0 heterocycles. The average Bonchev–Trinajstić information content (AvgIpc) is 2.73. The third-order valence-electron chi connectivity index (χ3n) is 3.49. The Balaban J connectivity index is 2.25. The summed E-state index contributed by atoms with van der Waals surface area (Å²) in [6, 6.07) is 0. The van der Waals surface area contributed by atoms with Crippen LogP contribution in [0.3, 0.4) is 0 Å². The van der Waals surface area contributed by atoms with E-state index in [0.717, 1.165) is 6.42 Å². The topological polar surface area (TPSA) is 0 Å². The van der Waals surface area contributed by atoms with Crippen LogP contribution in [0.1, 0.15) is 26.2 Å². The van der Waals surface area contributed by atoms with Gasteiger partial charge in [-0.2, -0.15) is 11.2 Å². The summed E-state index contributed by atoms with van der Waals surface area (Å²) in [5, 5.41) is 0. The molecule has 2 heteroatoms. The van der Waals surface area contributed by atoms with Crippen LogP contribution in [0.5, 0.6) is 0 Å². The lowest BCUT2D eigenvalue weighted by atomic mass is 9.86. The summed E-state index contributed by atoms with van der Waals surface area (Å²) >= 11 is 2.26. The van der Waals surface area contributed by atoms with E-state index < -0.39 is 7.22 Å². The van der Waals surface area contributed by atoms with E-state index in [4.69, 9.17) is 0 Å². The third-order valence-corrected chi connectivity index (χ3v) is 8.13. The zero-order valence-electron chi connectivity index (χ0n) is 12.0. The van der Waals surface area contributed by atoms with Crippen molar-refractivity contribution in [3.63, 3.8) is 0 Å². The molecule has 0 saturated carbocycles. The molecular formula is C16H24SSi. The monoisotopic (exact) mass is 276 g/mol. The second-order valence-electron chi connectivity index (χ2n) is 6.28. The fourth-order valence-electron chi connectivity index (χ4n) is 2.71. The molecule has 2 aliphatic carbocycles. The van der Waals surface area contributed by atoms with Gasteiger partial charge in [-0.25, -0.2) is 0 Å². The van der Waals surface area contributed by atoms with Gasteiger partial charge in [-0.3, -0.25) is 0 Å². The summed E-state index contributed by atoms with van der Waals surface area (Å²) in [6.07, 6.45) is 17.4. The lowest BCUT2D eigenvalue weighted by Crippen LogP contribution is -2.34. The number of rotatable bonds is 4. The molecule has 0 nitrogen and oxygen atoms in total. The van der Waals surface area contributed by atoms with Crippen molar-refractivity contribution in [1.82, 2.24) is 0 Å². The van der Waals surface area contributed by atoms with E-state index in [2.05, 4.69) is 74.2 Å². The maximum Gasteiger partial charge on any atom is 0.109 e. The molecule has 0 aromatic rings. The normalized spacial score (nSPS) is 27.3. The van der Waals surface area contributed by atoms with Gasteiger partial charge in [-0.15, -0.1) is 0 Å². The first-order valence-corrected chi connectivity index (χ1v) is 11.9. The maximum absolute atomic E-state index is 2.46. The van der Waals surface area contributed by atoms with E-state index in [1.807, 2.05) is 0 Å². The highest BCUT2D eigenvalue weighted by atomic mass is 32.4. The largest absolute Gasteiger partial charge is 0.174 e. The van der Waals surface area contributed by atoms with Crippen molar-refractivity contribution >= 4 is 18.4 Å². The van der Waals surface area contributed by atoms with E-state index in [1.165, 1.54) is 18.4 Å². The van der Waals surface area contributed by atoms with Crippen LogP contribution < -0.4 is 0 Å². The third kappa shape index (κ3) is 3.30. The van der Waals surface area contributed by atoms with E-state index >= 15 is 0 Å². The summed E-state index contributed by atoms with van der Waals surface area (Å²) in [7, 11) is -1.14. The molecule has 1 unspecified atom stereocenters. The van der Waals surface area contributed by atoms with Gasteiger partial charge >= 0.3 is 0 Å².